The monoisotopic (exact) mass is 240 g/mol. The van der Waals surface area contributed by atoms with Crippen LogP contribution in [0.25, 0.3) is 0 Å². The van der Waals surface area contributed by atoms with Crippen LogP contribution in [0.1, 0.15) is 12.0 Å². The molecule has 1 aromatic rings. The summed E-state index contributed by atoms with van der Waals surface area (Å²) in [5.41, 5.74) is 0.526. The molecule has 94 valence electrons. The Morgan fingerprint density at radius 3 is 2.88 bits per heavy atom. The summed E-state index contributed by atoms with van der Waals surface area (Å²) in [6.07, 6.45) is 1.19. The van der Waals surface area contributed by atoms with Crippen molar-refractivity contribution in [1.29, 1.82) is 0 Å². The molecular weight excluding hydrogens is 222 g/mol. The molecule has 2 rings (SSSR count). The molecule has 1 saturated heterocycles. The van der Waals surface area contributed by atoms with E-state index in [9.17, 15) is 8.78 Å². The van der Waals surface area contributed by atoms with Crippen molar-refractivity contribution in [3.05, 3.63) is 35.4 Å². The predicted octanol–water partition coefficient (Wildman–Crippen LogP) is 2.01. The minimum Gasteiger partial charge on any atom is -0.312 e. The van der Waals surface area contributed by atoms with Crippen LogP contribution in [0.5, 0.6) is 0 Å². The van der Waals surface area contributed by atoms with Crippen LogP contribution < -0.4 is 5.32 Å². The summed E-state index contributed by atoms with van der Waals surface area (Å²) in [6, 6.07) is 3.72. The number of likely N-dealkylation sites (tertiary alicyclic amines) is 1. The fourth-order valence-electron chi connectivity index (χ4n) is 2.27. The van der Waals surface area contributed by atoms with Crippen LogP contribution in [0.2, 0.25) is 0 Å². The summed E-state index contributed by atoms with van der Waals surface area (Å²) in [5.74, 6) is -0.354. The first-order valence-corrected chi connectivity index (χ1v) is 5.98. The molecule has 1 aromatic carbocycles. The van der Waals surface area contributed by atoms with Crippen molar-refractivity contribution in [3.8, 4) is 0 Å². The van der Waals surface area contributed by atoms with Crippen LogP contribution >= 0.6 is 0 Å². The van der Waals surface area contributed by atoms with Crippen LogP contribution in [-0.4, -0.2) is 31.6 Å². The average Bonchev–Trinajstić information content (AvgIpc) is 2.68. The van der Waals surface area contributed by atoms with Gasteiger partial charge in [-0.1, -0.05) is 6.07 Å². The molecule has 1 atom stereocenters. The number of halogens is 2. The van der Waals surface area contributed by atoms with Gasteiger partial charge in [-0.3, -0.25) is 0 Å². The Kier molecular flexibility index (Phi) is 4.07. The van der Waals surface area contributed by atoms with Gasteiger partial charge in [0.2, 0.25) is 0 Å². The van der Waals surface area contributed by atoms with Crippen molar-refractivity contribution >= 4 is 0 Å². The van der Waals surface area contributed by atoms with Gasteiger partial charge in [-0.05, 0) is 38.5 Å². The number of nitrogens with one attached hydrogen (secondary N) is 1. The van der Waals surface area contributed by atoms with Gasteiger partial charge in [0, 0.05) is 24.7 Å². The fourth-order valence-corrected chi connectivity index (χ4v) is 2.27. The van der Waals surface area contributed by atoms with Gasteiger partial charge in [-0.15, -0.1) is 0 Å². The van der Waals surface area contributed by atoms with Gasteiger partial charge >= 0.3 is 0 Å². The topological polar surface area (TPSA) is 15.3 Å². The van der Waals surface area contributed by atoms with Gasteiger partial charge in [0.1, 0.15) is 11.6 Å². The maximum atomic E-state index is 13.3. The van der Waals surface area contributed by atoms with E-state index in [1.54, 1.807) is 0 Å². The van der Waals surface area contributed by atoms with E-state index in [-0.39, 0.29) is 0 Å². The number of rotatable bonds is 4. The summed E-state index contributed by atoms with van der Waals surface area (Å²) in [7, 11) is 2.11. The maximum Gasteiger partial charge on any atom is 0.130 e. The Hall–Kier alpha value is -1.00. The highest BCUT2D eigenvalue weighted by atomic mass is 19.1. The minimum absolute atomic E-state index is 0.465. The largest absolute Gasteiger partial charge is 0.312 e. The molecular formula is C13H18F2N2. The highest BCUT2D eigenvalue weighted by molar-refractivity contribution is 5.18. The Morgan fingerprint density at radius 1 is 1.41 bits per heavy atom. The third-order valence-electron chi connectivity index (χ3n) is 3.25. The van der Waals surface area contributed by atoms with E-state index in [1.165, 1.54) is 18.6 Å². The molecule has 1 heterocycles. The van der Waals surface area contributed by atoms with Crippen molar-refractivity contribution < 1.29 is 8.78 Å². The molecule has 0 amide bonds. The van der Waals surface area contributed by atoms with Gasteiger partial charge in [-0.25, -0.2) is 8.78 Å². The lowest BCUT2D eigenvalue weighted by atomic mass is 10.1. The summed E-state index contributed by atoms with van der Waals surface area (Å²) in [4.78, 5) is 2.30. The molecule has 0 spiro atoms. The van der Waals surface area contributed by atoms with Crippen LogP contribution in [0.3, 0.4) is 0 Å². The fraction of sp³-hybridized carbons (Fsp3) is 0.538. The quantitative estimate of drug-likeness (QED) is 0.866. The number of hydrogen-bond donors (Lipinski definition) is 1. The van der Waals surface area contributed by atoms with Crippen molar-refractivity contribution in [2.24, 2.45) is 5.92 Å². The Labute approximate surface area is 101 Å². The molecule has 1 N–H and O–H groups in total. The molecule has 0 bridgehead atoms. The van der Waals surface area contributed by atoms with E-state index < -0.39 is 11.6 Å². The Morgan fingerprint density at radius 2 is 2.24 bits per heavy atom. The van der Waals surface area contributed by atoms with E-state index >= 15 is 0 Å². The van der Waals surface area contributed by atoms with Gasteiger partial charge in [0.15, 0.2) is 0 Å². The van der Waals surface area contributed by atoms with Crippen LogP contribution in [0.15, 0.2) is 18.2 Å². The van der Waals surface area contributed by atoms with Crippen molar-refractivity contribution in [2.75, 3.05) is 26.7 Å². The van der Waals surface area contributed by atoms with Gasteiger partial charge in [0.05, 0.1) is 0 Å². The Bertz CT molecular complexity index is 382. The molecule has 1 aliphatic rings. The summed E-state index contributed by atoms with van der Waals surface area (Å²) in [5, 5.41) is 3.24. The normalized spacial score (nSPS) is 21.0. The molecule has 0 saturated carbocycles. The zero-order valence-corrected chi connectivity index (χ0v) is 10.0. The molecule has 17 heavy (non-hydrogen) atoms. The summed E-state index contributed by atoms with van der Waals surface area (Å²) in [6.45, 7) is 3.59. The SMILES string of the molecule is CN1CCC(CNCc2ccc(F)cc2F)C1. The van der Waals surface area contributed by atoms with Crippen molar-refractivity contribution in [1.82, 2.24) is 10.2 Å². The van der Waals surface area contributed by atoms with Gasteiger partial charge in [0.25, 0.3) is 0 Å². The lowest BCUT2D eigenvalue weighted by Crippen LogP contribution is -2.25. The van der Waals surface area contributed by atoms with E-state index in [2.05, 4.69) is 17.3 Å². The van der Waals surface area contributed by atoms with Gasteiger partial charge in [-0.2, -0.15) is 0 Å². The first-order valence-electron chi connectivity index (χ1n) is 5.98. The van der Waals surface area contributed by atoms with Gasteiger partial charge < -0.3 is 10.2 Å². The zero-order chi connectivity index (χ0) is 12.3. The molecule has 1 fully saturated rings. The highest BCUT2D eigenvalue weighted by Gasteiger charge is 2.18. The Balaban J connectivity index is 1.78. The second-order valence-corrected chi connectivity index (χ2v) is 4.78. The molecule has 0 aliphatic carbocycles. The molecule has 1 unspecified atom stereocenters. The van der Waals surface area contributed by atoms with E-state index in [0.29, 0.717) is 18.0 Å². The molecule has 2 nitrogen and oxygen atoms in total. The molecule has 0 aromatic heterocycles. The maximum absolute atomic E-state index is 13.3. The second kappa shape index (κ2) is 5.56. The van der Waals surface area contributed by atoms with E-state index in [4.69, 9.17) is 0 Å². The molecule has 4 heteroatoms. The van der Waals surface area contributed by atoms with Crippen LogP contribution in [0, 0.1) is 17.6 Å². The number of benzene rings is 1. The first-order chi connectivity index (χ1) is 8.15. The minimum atomic E-state index is -0.524. The standard InChI is InChI=1S/C13H18F2N2/c1-17-5-4-10(9-17)7-16-8-11-2-3-12(14)6-13(11)15/h2-3,6,10,16H,4-5,7-9H2,1H3. The molecule has 1 aliphatic heterocycles. The first kappa shape index (κ1) is 12.5. The third-order valence-corrected chi connectivity index (χ3v) is 3.25. The lowest BCUT2D eigenvalue weighted by molar-refractivity contribution is 0.387. The number of hydrogen-bond acceptors (Lipinski definition) is 2. The third kappa shape index (κ3) is 3.48. The van der Waals surface area contributed by atoms with E-state index in [0.717, 1.165) is 25.7 Å². The van der Waals surface area contributed by atoms with Crippen LogP contribution in [0.4, 0.5) is 8.78 Å². The zero-order valence-electron chi connectivity index (χ0n) is 10.0. The average molecular weight is 240 g/mol. The van der Waals surface area contributed by atoms with Crippen molar-refractivity contribution in [3.63, 3.8) is 0 Å². The number of nitrogens with zero attached hydrogens (tertiary/aromatic N) is 1. The second-order valence-electron chi connectivity index (χ2n) is 4.78. The van der Waals surface area contributed by atoms with Crippen molar-refractivity contribution in [2.45, 2.75) is 13.0 Å². The predicted molar refractivity (Wildman–Crippen MR) is 63.7 cm³/mol. The lowest BCUT2D eigenvalue weighted by Gasteiger charge is -2.12. The summed E-state index contributed by atoms with van der Waals surface area (Å²) < 4.78 is 26.0. The molecule has 0 radical (unpaired) electrons. The summed E-state index contributed by atoms with van der Waals surface area (Å²) >= 11 is 0. The smallest absolute Gasteiger partial charge is 0.130 e. The van der Waals surface area contributed by atoms with E-state index in [1.807, 2.05) is 0 Å². The van der Waals surface area contributed by atoms with Crippen LogP contribution in [-0.2, 0) is 6.54 Å². The highest BCUT2D eigenvalue weighted by Crippen LogP contribution is 2.14.